The number of rotatable bonds is 11. The molecule has 0 aliphatic rings. The molecule has 0 aliphatic heterocycles. The first kappa shape index (κ1) is 26.3. The first-order valence-electron chi connectivity index (χ1n) is 10.4. The predicted molar refractivity (Wildman–Crippen MR) is 120 cm³/mol. The van der Waals surface area contributed by atoms with Crippen molar-refractivity contribution < 1.29 is 14.0 Å². The molecule has 0 aromatic carbocycles. The van der Waals surface area contributed by atoms with Crippen LogP contribution in [0.1, 0.15) is 74.1 Å². The lowest BCUT2D eigenvalue weighted by atomic mass is 9.81. The second-order valence-corrected chi connectivity index (χ2v) is 20.8. The lowest BCUT2D eigenvalue weighted by Gasteiger charge is -2.44. The van der Waals surface area contributed by atoms with E-state index in [2.05, 4.69) is 74.7 Å². The van der Waals surface area contributed by atoms with E-state index in [1.807, 2.05) is 0 Å². The highest BCUT2D eigenvalue weighted by molar-refractivity contribution is 6.74. The van der Waals surface area contributed by atoms with Crippen molar-refractivity contribution in [2.75, 3.05) is 19.8 Å². The van der Waals surface area contributed by atoms with Crippen molar-refractivity contribution in [2.24, 2.45) is 5.41 Å². The molecular formula is C21H48O3Si2. The third kappa shape index (κ3) is 7.74. The van der Waals surface area contributed by atoms with Gasteiger partial charge >= 0.3 is 0 Å². The summed E-state index contributed by atoms with van der Waals surface area (Å²) in [5, 5.41) is 10.2. The second kappa shape index (κ2) is 9.68. The third-order valence-corrected chi connectivity index (χ3v) is 15.8. The van der Waals surface area contributed by atoms with E-state index in [1.165, 1.54) is 0 Å². The molecule has 0 saturated carbocycles. The summed E-state index contributed by atoms with van der Waals surface area (Å²) in [6, 6.07) is 0. The van der Waals surface area contributed by atoms with Gasteiger partial charge in [-0.15, -0.1) is 0 Å². The zero-order valence-electron chi connectivity index (χ0n) is 19.7. The average Bonchev–Trinajstić information content (AvgIpc) is 2.46. The molecule has 3 nitrogen and oxygen atoms in total. The van der Waals surface area contributed by atoms with E-state index in [9.17, 15) is 5.11 Å². The van der Waals surface area contributed by atoms with Gasteiger partial charge < -0.3 is 14.0 Å². The van der Waals surface area contributed by atoms with Crippen LogP contribution in [0, 0.1) is 5.41 Å². The van der Waals surface area contributed by atoms with E-state index >= 15 is 0 Å². The monoisotopic (exact) mass is 404 g/mol. The Bertz CT molecular complexity index is 376. The largest absolute Gasteiger partial charge is 0.416 e. The maximum Gasteiger partial charge on any atom is 0.192 e. The molecule has 0 aliphatic carbocycles. The van der Waals surface area contributed by atoms with Crippen molar-refractivity contribution in [2.45, 2.75) is 110 Å². The van der Waals surface area contributed by atoms with Crippen LogP contribution >= 0.6 is 0 Å². The lowest BCUT2D eigenvalue weighted by Crippen LogP contribution is -2.48. The molecule has 0 saturated heterocycles. The van der Waals surface area contributed by atoms with Crippen molar-refractivity contribution in [3.8, 4) is 0 Å². The van der Waals surface area contributed by atoms with Crippen molar-refractivity contribution >= 4 is 16.6 Å². The molecule has 0 bridgehead atoms. The second-order valence-electron chi connectivity index (χ2n) is 11.2. The molecule has 1 N–H and O–H groups in total. The average molecular weight is 405 g/mol. The van der Waals surface area contributed by atoms with E-state index in [0.717, 1.165) is 25.7 Å². The van der Waals surface area contributed by atoms with Crippen LogP contribution in [0.3, 0.4) is 0 Å². The number of unbranched alkanes of at least 4 members (excludes halogenated alkanes) is 1. The molecule has 0 rings (SSSR count). The third-order valence-electron chi connectivity index (χ3n) is 6.79. The van der Waals surface area contributed by atoms with Crippen molar-refractivity contribution in [3.63, 3.8) is 0 Å². The van der Waals surface area contributed by atoms with Crippen LogP contribution < -0.4 is 0 Å². The lowest BCUT2D eigenvalue weighted by molar-refractivity contribution is 0.0330. The minimum Gasteiger partial charge on any atom is -0.416 e. The Balaban J connectivity index is 5.41. The summed E-state index contributed by atoms with van der Waals surface area (Å²) >= 11 is 0. The fourth-order valence-corrected chi connectivity index (χ4v) is 4.54. The maximum absolute atomic E-state index is 9.79. The summed E-state index contributed by atoms with van der Waals surface area (Å²) in [7, 11) is -3.64. The molecule has 26 heavy (non-hydrogen) atoms. The van der Waals surface area contributed by atoms with E-state index in [4.69, 9.17) is 8.85 Å². The van der Waals surface area contributed by atoms with Crippen LogP contribution in [-0.4, -0.2) is 41.6 Å². The zero-order valence-corrected chi connectivity index (χ0v) is 21.7. The Kier molecular flexibility index (Phi) is 9.80. The molecule has 0 heterocycles. The van der Waals surface area contributed by atoms with E-state index < -0.39 is 16.6 Å². The van der Waals surface area contributed by atoms with Gasteiger partial charge in [0.15, 0.2) is 16.6 Å². The molecule has 0 aromatic heterocycles. The number of aliphatic hydroxyl groups is 1. The van der Waals surface area contributed by atoms with Gasteiger partial charge in [-0.3, -0.25) is 0 Å². The van der Waals surface area contributed by atoms with Gasteiger partial charge in [-0.25, -0.2) is 0 Å². The molecule has 5 heteroatoms. The summed E-state index contributed by atoms with van der Waals surface area (Å²) in [4.78, 5) is 0. The van der Waals surface area contributed by atoms with Gasteiger partial charge in [-0.1, -0.05) is 61.3 Å². The topological polar surface area (TPSA) is 38.7 Å². The summed E-state index contributed by atoms with van der Waals surface area (Å²) in [6.07, 6.45) is 4.14. The molecule has 158 valence electrons. The molecule has 0 radical (unpaired) electrons. The molecule has 0 unspecified atom stereocenters. The van der Waals surface area contributed by atoms with Crippen LogP contribution in [0.5, 0.6) is 0 Å². The van der Waals surface area contributed by atoms with E-state index in [0.29, 0.717) is 13.2 Å². The van der Waals surface area contributed by atoms with Crippen molar-refractivity contribution in [1.29, 1.82) is 0 Å². The Morgan fingerprint density at radius 3 is 1.38 bits per heavy atom. The van der Waals surface area contributed by atoms with Gasteiger partial charge in [0.25, 0.3) is 0 Å². The van der Waals surface area contributed by atoms with Crippen molar-refractivity contribution in [3.05, 3.63) is 0 Å². The van der Waals surface area contributed by atoms with Gasteiger partial charge in [0.05, 0.1) is 0 Å². The smallest absolute Gasteiger partial charge is 0.192 e. The minimum absolute atomic E-state index is 0.0736. The Morgan fingerprint density at radius 2 is 1.12 bits per heavy atom. The fraction of sp³-hybridized carbons (Fsp3) is 1.00. The van der Waals surface area contributed by atoms with Gasteiger partial charge in [0.2, 0.25) is 0 Å². The van der Waals surface area contributed by atoms with Crippen LogP contribution in [0.4, 0.5) is 0 Å². The predicted octanol–water partition coefficient (Wildman–Crippen LogP) is 6.59. The van der Waals surface area contributed by atoms with E-state index in [1.54, 1.807) is 0 Å². The number of hydrogen-bond donors (Lipinski definition) is 1. The first-order valence-corrected chi connectivity index (χ1v) is 16.2. The maximum atomic E-state index is 9.79. The normalized spacial score (nSPS) is 14.8. The SMILES string of the molecule is CCCCC(CCO)(CO[Si](C)(C)C(C)(C)C)CO[Si](C)(C)C(C)(C)C. The van der Waals surface area contributed by atoms with Gasteiger partial charge in [0, 0.05) is 25.2 Å². The quantitative estimate of drug-likeness (QED) is 0.395. The molecule has 0 fully saturated rings. The summed E-state index contributed by atoms with van der Waals surface area (Å²) in [5.41, 5.74) is -0.0736. The first-order chi connectivity index (χ1) is 11.5. The van der Waals surface area contributed by atoms with E-state index in [-0.39, 0.29) is 22.1 Å². The molecule has 0 amide bonds. The highest BCUT2D eigenvalue weighted by atomic mass is 28.4. The summed E-state index contributed by atoms with van der Waals surface area (Å²) < 4.78 is 13.2. The zero-order chi connectivity index (χ0) is 20.9. The van der Waals surface area contributed by atoms with Gasteiger partial charge in [-0.05, 0) is 49.1 Å². The Hall–Kier alpha value is 0.314. The van der Waals surface area contributed by atoms with Gasteiger partial charge in [-0.2, -0.15) is 0 Å². The summed E-state index contributed by atoms with van der Waals surface area (Å²) in [5.74, 6) is 0. The van der Waals surface area contributed by atoms with Crippen LogP contribution in [-0.2, 0) is 8.85 Å². The number of aliphatic hydroxyl groups excluding tert-OH is 1. The van der Waals surface area contributed by atoms with Crippen LogP contribution in [0.15, 0.2) is 0 Å². The van der Waals surface area contributed by atoms with Crippen molar-refractivity contribution in [1.82, 2.24) is 0 Å². The molecule has 0 atom stereocenters. The highest BCUT2D eigenvalue weighted by Gasteiger charge is 2.43. The molecule has 0 spiro atoms. The van der Waals surface area contributed by atoms with Crippen LogP contribution in [0.2, 0.25) is 36.3 Å². The summed E-state index contributed by atoms with van der Waals surface area (Å²) in [6.45, 7) is 26.8. The Labute approximate surface area is 166 Å². The highest BCUT2D eigenvalue weighted by Crippen LogP contribution is 2.41. The molecule has 0 aromatic rings. The Morgan fingerprint density at radius 1 is 0.731 bits per heavy atom. The van der Waals surface area contributed by atoms with Gasteiger partial charge in [0.1, 0.15) is 0 Å². The fourth-order valence-electron chi connectivity index (χ4n) is 2.34. The molecular weight excluding hydrogens is 356 g/mol. The standard InChI is InChI=1S/C21H48O3Si2/c1-12-13-14-21(15-16-22,17-23-25(8,9)19(2,3)4)18-24-26(10,11)20(5,6)7/h22H,12-18H2,1-11H3. The van der Waals surface area contributed by atoms with Crippen LogP contribution in [0.25, 0.3) is 0 Å². The number of hydrogen-bond acceptors (Lipinski definition) is 3. The minimum atomic E-state index is -1.82.